The number of aromatic nitrogens is 5. The molecule has 10 heteroatoms. The van der Waals surface area contributed by atoms with Gasteiger partial charge in [-0.25, -0.2) is 28.7 Å². The maximum absolute atomic E-state index is 15.0. The van der Waals surface area contributed by atoms with Gasteiger partial charge >= 0.3 is 5.69 Å². The molecule has 214 valence electrons. The Hall–Kier alpha value is -3.69. The molecule has 0 bridgehead atoms. The van der Waals surface area contributed by atoms with Gasteiger partial charge in [0.15, 0.2) is 5.65 Å². The second kappa shape index (κ2) is 11.7. The number of rotatable bonds is 7. The molecule has 0 saturated carbocycles. The van der Waals surface area contributed by atoms with E-state index in [0.29, 0.717) is 40.5 Å². The summed E-state index contributed by atoms with van der Waals surface area (Å²) in [6.07, 6.45) is 3.42. The van der Waals surface area contributed by atoms with Gasteiger partial charge in [-0.3, -0.25) is 4.90 Å². The van der Waals surface area contributed by atoms with E-state index in [0.717, 1.165) is 19.6 Å². The molecule has 0 aliphatic carbocycles. The van der Waals surface area contributed by atoms with Gasteiger partial charge in [-0.2, -0.15) is 4.98 Å². The average Bonchev–Trinajstić information content (AvgIpc) is 2.93. The monoisotopic (exact) mass is 575 g/mol. The second-order valence-electron chi connectivity index (χ2n) is 11.1. The van der Waals surface area contributed by atoms with Gasteiger partial charge in [0.1, 0.15) is 18.0 Å². The molecule has 0 radical (unpaired) electrons. The number of hydrogen-bond acceptors (Lipinski definition) is 7. The fourth-order valence-electron chi connectivity index (χ4n) is 5.55. The molecule has 0 spiro atoms. The summed E-state index contributed by atoms with van der Waals surface area (Å²) in [5.41, 5.74) is 2.31. The Balaban J connectivity index is 1.85. The number of anilines is 1. The first-order valence-corrected chi connectivity index (χ1v) is 14.3. The third-order valence-electron chi connectivity index (χ3n) is 7.50. The maximum Gasteiger partial charge on any atom is 0.355 e. The molecule has 0 N–H and O–H groups in total. The van der Waals surface area contributed by atoms with Crippen molar-refractivity contribution in [3.8, 4) is 16.9 Å². The van der Waals surface area contributed by atoms with Gasteiger partial charge in [0.2, 0.25) is 0 Å². The van der Waals surface area contributed by atoms with E-state index >= 15 is 0 Å². The Bertz CT molecular complexity index is 1640. The number of hydrogen-bond donors (Lipinski definition) is 0. The standard InChI is InChI=1S/C31H35ClFN7O/c1-7-12-38-13-14-39(20(6)16-38)29-22-15-23(32)27(21-10-8-9-11-24(21)33)36-30(22)40(31(41)37-29)28-25(18(2)3)34-17-35-26(28)19(4)5/h7-11,15,17-20H,1,12-14,16H2,2-6H3/t20-/m0/s1. The first-order chi connectivity index (χ1) is 19.6. The molecule has 4 aromatic rings. The maximum atomic E-state index is 15.0. The van der Waals surface area contributed by atoms with E-state index in [4.69, 9.17) is 16.6 Å². The van der Waals surface area contributed by atoms with Gasteiger partial charge in [-0.15, -0.1) is 6.58 Å². The number of benzene rings is 1. The zero-order chi connectivity index (χ0) is 29.4. The number of halogens is 2. The predicted octanol–water partition coefficient (Wildman–Crippen LogP) is 5.97. The molecule has 1 atom stereocenters. The molecule has 41 heavy (non-hydrogen) atoms. The van der Waals surface area contributed by atoms with Crippen LogP contribution in [0, 0.1) is 5.82 Å². The quantitative estimate of drug-likeness (QED) is 0.251. The highest BCUT2D eigenvalue weighted by Gasteiger charge is 2.30. The van der Waals surface area contributed by atoms with Crippen LogP contribution in [0.5, 0.6) is 0 Å². The molecule has 0 amide bonds. The van der Waals surface area contributed by atoms with Crippen LogP contribution in [0.3, 0.4) is 0 Å². The minimum Gasteiger partial charge on any atom is -0.351 e. The highest BCUT2D eigenvalue weighted by molar-refractivity contribution is 6.33. The molecule has 1 aromatic carbocycles. The van der Waals surface area contributed by atoms with E-state index in [9.17, 15) is 9.18 Å². The number of pyridine rings is 1. The molecule has 1 aliphatic heterocycles. The normalized spacial score (nSPS) is 16.2. The first kappa shape index (κ1) is 28.8. The van der Waals surface area contributed by atoms with Crippen molar-refractivity contribution in [2.75, 3.05) is 31.1 Å². The van der Waals surface area contributed by atoms with Crippen molar-refractivity contribution in [3.05, 3.63) is 82.0 Å². The highest BCUT2D eigenvalue weighted by Crippen LogP contribution is 2.36. The molecule has 0 unspecified atom stereocenters. The summed E-state index contributed by atoms with van der Waals surface area (Å²) in [6.45, 7) is 17.1. The molecular weight excluding hydrogens is 541 g/mol. The second-order valence-corrected chi connectivity index (χ2v) is 11.5. The van der Waals surface area contributed by atoms with Crippen molar-refractivity contribution in [3.63, 3.8) is 0 Å². The predicted molar refractivity (Wildman–Crippen MR) is 163 cm³/mol. The van der Waals surface area contributed by atoms with Crippen molar-refractivity contribution >= 4 is 28.5 Å². The van der Waals surface area contributed by atoms with Crippen LogP contribution < -0.4 is 10.6 Å². The van der Waals surface area contributed by atoms with E-state index in [1.54, 1.807) is 24.3 Å². The van der Waals surface area contributed by atoms with Crippen molar-refractivity contribution in [2.24, 2.45) is 0 Å². The minimum absolute atomic E-state index is 0.0107. The summed E-state index contributed by atoms with van der Waals surface area (Å²) >= 11 is 6.82. The number of nitrogens with zero attached hydrogens (tertiary/aromatic N) is 7. The zero-order valence-electron chi connectivity index (χ0n) is 24.1. The van der Waals surface area contributed by atoms with E-state index in [1.807, 2.05) is 33.8 Å². The summed E-state index contributed by atoms with van der Waals surface area (Å²) in [5, 5.41) is 0.873. The Labute approximate surface area is 244 Å². The Morgan fingerprint density at radius 3 is 2.39 bits per heavy atom. The molecular formula is C31H35ClFN7O. The van der Waals surface area contributed by atoms with Gasteiger partial charge in [0, 0.05) is 37.8 Å². The SMILES string of the molecule is C=CCN1CCN(c2nc(=O)n(-c3c(C(C)C)ncnc3C(C)C)c3nc(-c4ccccc4F)c(Cl)cc23)[C@@H](C)C1. The van der Waals surface area contributed by atoms with Crippen molar-refractivity contribution < 1.29 is 4.39 Å². The van der Waals surface area contributed by atoms with Crippen LogP contribution in [0.25, 0.3) is 28.0 Å². The number of fused-ring (bicyclic) bond motifs is 1. The van der Waals surface area contributed by atoms with Crippen LogP contribution in [-0.4, -0.2) is 61.6 Å². The van der Waals surface area contributed by atoms with E-state index in [2.05, 4.69) is 38.3 Å². The highest BCUT2D eigenvalue weighted by atomic mass is 35.5. The summed E-state index contributed by atoms with van der Waals surface area (Å²) < 4.78 is 16.5. The van der Waals surface area contributed by atoms with E-state index in [1.165, 1.54) is 17.0 Å². The van der Waals surface area contributed by atoms with Gasteiger partial charge in [0.05, 0.1) is 33.2 Å². The lowest BCUT2D eigenvalue weighted by Gasteiger charge is -2.40. The minimum atomic E-state index is -0.499. The van der Waals surface area contributed by atoms with Gasteiger partial charge in [0.25, 0.3) is 0 Å². The lowest BCUT2D eigenvalue weighted by atomic mass is 10.0. The number of piperazine rings is 1. The Morgan fingerprint density at radius 2 is 1.78 bits per heavy atom. The van der Waals surface area contributed by atoms with E-state index in [-0.39, 0.29) is 34.2 Å². The summed E-state index contributed by atoms with van der Waals surface area (Å²) in [7, 11) is 0. The van der Waals surface area contributed by atoms with Crippen LogP contribution in [0.2, 0.25) is 5.02 Å². The van der Waals surface area contributed by atoms with Crippen LogP contribution in [0.1, 0.15) is 57.8 Å². The zero-order valence-corrected chi connectivity index (χ0v) is 24.9. The van der Waals surface area contributed by atoms with Crippen LogP contribution in [-0.2, 0) is 0 Å². The third kappa shape index (κ3) is 5.36. The summed E-state index contributed by atoms with van der Waals surface area (Å²) in [6, 6.07) is 8.16. The Morgan fingerprint density at radius 1 is 1.10 bits per heavy atom. The summed E-state index contributed by atoms with van der Waals surface area (Å²) in [5.74, 6) is 0.0348. The smallest absolute Gasteiger partial charge is 0.351 e. The lowest BCUT2D eigenvalue weighted by molar-refractivity contribution is 0.250. The van der Waals surface area contributed by atoms with Gasteiger partial charge < -0.3 is 4.90 Å². The van der Waals surface area contributed by atoms with Crippen molar-refractivity contribution in [1.82, 2.24) is 29.4 Å². The molecule has 3 aromatic heterocycles. The third-order valence-corrected chi connectivity index (χ3v) is 7.79. The molecule has 4 heterocycles. The largest absolute Gasteiger partial charge is 0.355 e. The van der Waals surface area contributed by atoms with E-state index < -0.39 is 11.5 Å². The molecule has 8 nitrogen and oxygen atoms in total. The van der Waals surface area contributed by atoms with Crippen LogP contribution in [0.15, 0.2) is 54.1 Å². The molecule has 5 rings (SSSR count). The molecule has 1 aliphatic rings. The van der Waals surface area contributed by atoms with Crippen molar-refractivity contribution in [1.29, 1.82) is 0 Å². The first-order valence-electron chi connectivity index (χ1n) is 14.0. The topological polar surface area (TPSA) is 80.0 Å². The van der Waals surface area contributed by atoms with Crippen LogP contribution >= 0.6 is 11.6 Å². The van der Waals surface area contributed by atoms with Crippen LogP contribution in [0.4, 0.5) is 10.2 Å². The van der Waals surface area contributed by atoms with Gasteiger partial charge in [-0.05, 0) is 37.0 Å². The molecule has 1 fully saturated rings. The fraction of sp³-hybridized carbons (Fsp3) is 0.387. The Kier molecular flexibility index (Phi) is 8.20. The fourth-order valence-corrected chi connectivity index (χ4v) is 5.80. The lowest BCUT2D eigenvalue weighted by Crippen LogP contribution is -2.52. The molecule has 1 saturated heterocycles. The van der Waals surface area contributed by atoms with Gasteiger partial charge in [-0.1, -0.05) is 57.5 Å². The summed E-state index contributed by atoms with van der Waals surface area (Å²) in [4.78, 5) is 37.3. The average molecular weight is 576 g/mol. The van der Waals surface area contributed by atoms with Crippen molar-refractivity contribution in [2.45, 2.75) is 52.5 Å².